The second-order valence-electron chi connectivity index (χ2n) is 5.50. The number of nitrogens with zero attached hydrogens (tertiary/aromatic N) is 1. The Morgan fingerprint density at radius 2 is 1.88 bits per heavy atom. The minimum absolute atomic E-state index is 0.0744. The van der Waals surface area contributed by atoms with Gasteiger partial charge >= 0.3 is 0 Å². The lowest BCUT2D eigenvalue weighted by molar-refractivity contribution is -0.122. The Kier molecular flexibility index (Phi) is 5.13. The number of halogens is 3. The van der Waals surface area contributed by atoms with Gasteiger partial charge in [0.25, 0.3) is 0 Å². The van der Waals surface area contributed by atoms with Gasteiger partial charge < -0.3 is 10.2 Å². The monoisotopic (exact) mass is 426 g/mol. The first-order valence-electron chi connectivity index (χ1n) is 7.26. The van der Waals surface area contributed by atoms with Crippen molar-refractivity contribution in [2.75, 3.05) is 16.8 Å². The van der Waals surface area contributed by atoms with Crippen LogP contribution < -0.4 is 10.2 Å². The maximum Gasteiger partial charge on any atom is 0.229 e. The average Bonchev–Trinajstić information content (AvgIpc) is 2.94. The highest BCUT2D eigenvalue weighted by Gasteiger charge is 2.35. The standard InChI is InChI=1S/C17H13BrCl2N2O2/c18-11-1-4-13(5-2-11)22-9-10(7-16(22)23)17(24)21-15-8-12(19)3-6-14(15)20/h1-6,8,10H,7,9H2,(H,21,24)/t10-/m0/s1. The third-order valence-corrected chi connectivity index (χ3v) is 4.91. The first-order valence-corrected chi connectivity index (χ1v) is 8.81. The molecule has 1 aliphatic heterocycles. The third-order valence-electron chi connectivity index (χ3n) is 3.82. The van der Waals surface area contributed by atoms with Crippen LogP contribution in [0.25, 0.3) is 0 Å². The summed E-state index contributed by atoms with van der Waals surface area (Å²) in [4.78, 5) is 26.3. The van der Waals surface area contributed by atoms with E-state index in [1.807, 2.05) is 24.3 Å². The minimum atomic E-state index is -0.434. The lowest BCUT2D eigenvalue weighted by Gasteiger charge is -2.17. The largest absolute Gasteiger partial charge is 0.324 e. The number of hydrogen-bond acceptors (Lipinski definition) is 2. The normalized spacial score (nSPS) is 17.2. The summed E-state index contributed by atoms with van der Waals surface area (Å²) in [6.45, 7) is 0.338. The van der Waals surface area contributed by atoms with Crippen LogP contribution in [0.15, 0.2) is 46.9 Å². The smallest absolute Gasteiger partial charge is 0.229 e. The molecule has 0 aliphatic carbocycles. The summed E-state index contributed by atoms with van der Waals surface area (Å²) in [5, 5.41) is 3.64. The molecule has 0 spiro atoms. The molecule has 1 heterocycles. The van der Waals surface area contributed by atoms with Gasteiger partial charge in [0.15, 0.2) is 0 Å². The van der Waals surface area contributed by atoms with Gasteiger partial charge in [-0.1, -0.05) is 39.1 Å². The third kappa shape index (κ3) is 3.74. The van der Waals surface area contributed by atoms with Crippen molar-refractivity contribution in [3.8, 4) is 0 Å². The van der Waals surface area contributed by atoms with Crippen LogP contribution >= 0.6 is 39.1 Å². The summed E-state index contributed by atoms with van der Waals surface area (Å²) in [5.41, 5.74) is 1.22. The van der Waals surface area contributed by atoms with E-state index in [1.54, 1.807) is 23.1 Å². The number of amides is 2. The number of rotatable bonds is 3. The maximum atomic E-state index is 12.5. The summed E-state index contributed by atoms with van der Waals surface area (Å²) >= 11 is 15.3. The number of carbonyl (C=O) groups excluding carboxylic acids is 2. The van der Waals surface area contributed by atoms with Crippen LogP contribution in [-0.2, 0) is 9.59 Å². The van der Waals surface area contributed by atoms with Crippen LogP contribution in [-0.4, -0.2) is 18.4 Å². The van der Waals surface area contributed by atoms with Gasteiger partial charge in [0.1, 0.15) is 0 Å². The van der Waals surface area contributed by atoms with E-state index in [2.05, 4.69) is 21.2 Å². The maximum absolute atomic E-state index is 12.5. The van der Waals surface area contributed by atoms with E-state index in [0.29, 0.717) is 22.3 Å². The van der Waals surface area contributed by atoms with E-state index in [0.717, 1.165) is 10.2 Å². The molecule has 2 aromatic carbocycles. The SMILES string of the molecule is O=C(Nc1cc(Cl)ccc1Cl)[C@H]1CC(=O)N(c2ccc(Br)cc2)C1. The van der Waals surface area contributed by atoms with Crippen LogP contribution in [0.1, 0.15) is 6.42 Å². The predicted molar refractivity (Wildman–Crippen MR) is 99.7 cm³/mol. The van der Waals surface area contributed by atoms with Gasteiger partial charge in [-0.3, -0.25) is 9.59 Å². The van der Waals surface area contributed by atoms with Crippen molar-refractivity contribution in [3.63, 3.8) is 0 Å². The topological polar surface area (TPSA) is 49.4 Å². The quantitative estimate of drug-likeness (QED) is 0.768. The van der Waals surface area contributed by atoms with Crippen LogP contribution in [0, 0.1) is 5.92 Å². The van der Waals surface area contributed by atoms with Crippen LogP contribution in [0.5, 0.6) is 0 Å². The Hall–Kier alpha value is -1.56. The van der Waals surface area contributed by atoms with Gasteiger partial charge in [0.2, 0.25) is 11.8 Å². The Labute approximate surface area is 157 Å². The molecular formula is C17H13BrCl2N2O2. The highest BCUT2D eigenvalue weighted by atomic mass is 79.9. The van der Waals surface area contributed by atoms with E-state index in [-0.39, 0.29) is 18.2 Å². The lowest BCUT2D eigenvalue weighted by atomic mass is 10.1. The molecule has 0 radical (unpaired) electrons. The summed E-state index contributed by atoms with van der Waals surface area (Å²) in [6.07, 6.45) is 0.167. The van der Waals surface area contributed by atoms with Crippen molar-refractivity contribution in [2.24, 2.45) is 5.92 Å². The Bertz CT molecular complexity index is 796. The zero-order valence-corrected chi connectivity index (χ0v) is 15.5. The molecule has 0 saturated carbocycles. The molecular weight excluding hydrogens is 415 g/mol. The van der Waals surface area contributed by atoms with E-state index in [9.17, 15) is 9.59 Å². The van der Waals surface area contributed by atoms with Crippen molar-refractivity contribution in [1.82, 2.24) is 0 Å². The van der Waals surface area contributed by atoms with Crippen LogP contribution in [0.3, 0.4) is 0 Å². The van der Waals surface area contributed by atoms with Gasteiger partial charge in [-0.2, -0.15) is 0 Å². The zero-order chi connectivity index (χ0) is 17.3. The molecule has 2 aromatic rings. The first-order chi connectivity index (χ1) is 11.4. The number of carbonyl (C=O) groups is 2. The molecule has 7 heteroatoms. The van der Waals surface area contributed by atoms with E-state index >= 15 is 0 Å². The molecule has 1 saturated heterocycles. The number of nitrogens with one attached hydrogen (secondary N) is 1. The van der Waals surface area contributed by atoms with Gasteiger partial charge in [0.05, 0.1) is 16.6 Å². The fourth-order valence-corrected chi connectivity index (χ4v) is 3.18. The summed E-state index contributed by atoms with van der Waals surface area (Å²) in [5.74, 6) is -0.752. The van der Waals surface area contributed by atoms with E-state index < -0.39 is 5.92 Å². The minimum Gasteiger partial charge on any atom is -0.324 e. The van der Waals surface area contributed by atoms with Crippen molar-refractivity contribution >= 4 is 62.3 Å². The van der Waals surface area contributed by atoms with Gasteiger partial charge in [-0.15, -0.1) is 0 Å². The Morgan fingerprint density at radius 1 is 1.17 bits per heavy atom. The molecule has 124 valence electrons. The van der Waals surface area contributed by atoms with Crippen molar-refractivity contribution < 1.29 is 9.59 Å². The van der Waals surface area contributed by atoms with Gasteiger partial charge in [-0.25, -0.2) is 0 Å². The Morgan fingerprint density at radius 3 is 2.58 bits per heavy atom. The first kappa shape index (κ1) is 17.3. The molecule has 3 rings (SSSR count). The number of hydrogen-bond donors (Lipinski definition) is 1. The van der Waals surface area contributed by atoms with Crippen molar-refractivity contribution in [1.29, 1.82) is 0 Å². The van der Waals surface area contributed by atoms with Crippen LogP contribution in [0.4, 0.5) is 11.4 Å². The second kappa shape index (κ2) is 7.13. The van der Waals surface area contributed by atoms with E-state index in [4.69, 9.17) is 23.2 Å². The summed E-state index contributed by atoms with van der Waals surface area (Å²) in [6, 6.07) is 12.3. The summed E-state index contributed by atoms with van der Waals surface area (Å²) in [7, 11) is 0. The average molecular weight is 428 g/mol. The molecule has 1 atom stereocenters. The molecule has 24 heavy (non-hydrogen) atoms. The van der Waals surface area contributed by atoms with Crippen molar-refractivity contribution in [3.05, 3.63) is 57.0 Å². The Balaban J connectivity index is 1.72. The molecule has 0 bridgehead atoms. The number of anilines is 2. The van der Waals surface area contributed by atoms with Gasteiger partial charge in [-0.05, 0) is 42.5 Å². The zero-order valence-electron chi connectivity index (χ0n) is 12.4. The molecule has 0 unspecified atom stereocenters. The number of benzene rings is 2. The fraction of sp³-hybridized carbons (Fsp3) is 0.176. The lowest BCUT2D eigenvalue weighted by Crippen LogP contribution is -2.28. The molecule has 1 aliphatic rings. The van der Waals surface area contributed by atoms with E-state index in [1.165, 1.54) is 0 Å². The fourth-order valence-electron chi connectivity index (χ4n) is 2.58. The highest BCUT2D eigenvalue weighted by molar-refractivity contribution is 9.10. The highest BCUT2D eigenvalue weighted by Crippen LogP contribution is 2.29. The van der Waals surface area contributed by atoms with Gasteiger partial charge in [0, 0.05) is 28.1 Å². The predicted octanol–water partition coefficient (Wildman–Crippen LogP) is 4.75. The molecule has 2 amide bonds. The molecule has 0 aromatic heterocycles. The molecule has 1 N–H and O–H groups in total. The molecule has 1 fully saturated rings. The molecule has 4 nitrogen and oxygen atoms in total. The second-order valence-corrected chi connectivity index (χ2v) is 7.25. The summed E-state index contributed by atoms with van der Waals surface area (Å²) < 4.78 is 0.933. The van der Waals surface area contributed by atoms with Crippen LogP contribution in [0.2, 0.25) is 10.0 Å². The van der Waals surface area contributed by atoms with Crippen molar-refractivity contribution in [2.45, 2.75) is 6.42 Å².